The molecule has 5 heteroatoms. The Labute approximate surface area is 128 Å². The zero-order valence-electron chi connectivity index (χ0n) is 14.2. The molecule has 1 N–H and O–H groups in total. The summed E-state index contributed by atoms with van der Waals surface area (Å²) in [5.41, 5.74) is 0. The van der Waals surface area contributed by atoms with Crippen molar-refractivity contribution >= 4 is 0 Å². The van der Waals surface area contributed by atoms with Gasteiger partial charge in [-0.15, -0.1) is 0 Å². The molecule has 1 aromatic rings. The smallest absolute Gasteiger partial charge is 0.228 e. The first-order chi connectivity index (χ1) is 10.1. The highest BCUT2D eigenvalue weighted by atomic mass is 16.5. The largest absolute Gasteiger partial charge is 0.370 e. The molecule has 21 heavy (non-hydrogen) atoms. The van der Waals surface area contributed by atoms with Gasteiger partial charge in [0.15, 0.2) is 0 Å². The van der Waals surface area contributed by atoms with Gasteiger partial charge in [0.05, 0.1) is 0 Å². The molecule has 0 aliphatic carbocycles. The molecule has 2 atom stereocenters. The van der Waals surface area contributed by atoms with Gasteiger partial charge >= 0.3 is 0 Å². The lowest BCUT2D eigenvalue weighted by Gasteiger charge is -2.20. The van der Waals surface area contributed by atoms with E-state index in [9.17, 15) is 0 Å². The first-order valence-electron chi connectivity index (χ1n) is 8.29. The topological polar surface area (TPSA) is 60.2 Å². The Balaban J connectivity index is 2.67. The highest BCUT2D eigenvalue weighted by molar-refractivity contribution is 4.94. The molecule has 0 radical (unpaired) electrons. The second-order valence-electron chi connectivity index (χ2n) is 5.79. The molecule has 5 nitrogen and oxygen atoms in total. The van der Waals surface area contributed by atoms with E-state index >= 15 is 0 Å². The standard InChI is InChI=1S/C16H31N3O2/c1-6-9-14(20-8-3)16-18-15(21-19-16)11-13(12(4)5)17-10-7-2/h12-14,17H,6-11H2,1-5H3. The maximum absolute atomic E-state index is 5.70. The van der Waals surface area contributed by atoms with E-state index in [2.05, 4.69) is 43.2 Å². The average molecular weight is 297 g/mol. The van der Waals surface area contributed by atoms with Gasteiger partial charge in [-0.1, -0.05) is 39.3 Å². The lowest BCUT2D eigenvalue weighted by molar-refractivity contribution is 0.0477. The lowest BCUT2D eigenvalue weighted by Crippen LogP contribution is -2.36. The third kappa shape index (κ3) is 6.14. The van der Waals surface area contributed by atoms with Crippen LogP contribution in [0.5, 0.6) is 0 Å². The summed E-state index contributed by atoms with van der Waals surface area (Å²) in [6.07, 6.45) is 3.82. The van der Waals surface area contributed by atoms with E-state index in [4.69, 9.17) is 9.26 Å². The number of rotatable bonds is 11. The lowest BCUT2D eigenvalue weighted by atomic mass is 10.0. The van der Waals surface area contributed by atoms with E-state index in [0.29, 0.717) is 30.3 Å². The van der Waals surface area contributed by atoms with Crippen molar-refractivity contribution in [2.24, 2.45) is 5.92 Å². The molecular formula is C16H31N3O2. The molecule has 1 aromatic heterocycles. The van der Waals surface area contributed by atoms with Crippen molar-refractivity contribution in [1.29, 1.82) is 0 Å². The van der Waals surface area contributed by atoms with Gasteiger partial charge in [-0.3, -0.25) is 0 Å². The van der Waals surface area contributed by atoms with Crippen LogP contribution in [0.2, 0.25) is 0 Å². The molecule has 0 saturated heterocycles. The molecule has 2 unspecified atom stereocenters. The zero-order chi connectivity index (χ0) is 15.7. The molecule has 0 amide bonds. The van der Waals surface area contributed by atoms with Crippen LogP contribution in [0.15, 0.2) is 4.52 Å². The Morgan fingerprint density at radius 3 is 2.52 bits per heavy atom. The molecule has 0 spiro atoms. The van der Waals surface area contributed by atoms with Crippen LogP contribution in [0.1, 0.15) is 71.7 Å². The summed E-state index contributed by atoms with van der Waals surface area (Å²) in [4.78, 5) is 4.54. The first-order valence-corrected chi connectivity index (χ1v) is 8.29. The molecule has 0 aromatic carbocycles. The van der Waals surface area contributed by atoms with Crippen molar-refractivity contribution in [1.82, 2.24) is 15.5 Å². The van der Waals surface area contributed by atoms with Gasteiger partial charge in [0, 0.05) is 19.1 Å². The Hall–Kier alpha value is -0.940. The van der Waals surface area contributed by atoms with Crippen molar-refractivity contribution in [2.45, 2.75) is 72.4 Å². The van der Waals surface area contributed by atoms with E-state index in [1.165, 1.54) is 0 Å². The van der Waals surface area contributed by atoms with E-state index in [-0.39, 0.29) is 6.10 Å². The average Bonchev–Trinajstić information content (AvgIpc) is 2.91. The predicted octanol–water partition coefficient (Wildman–Crippen LogP) is 3.51. The Morgan fingerprint density at radius 1 is 1.19 bits per heavy atom. The van der Waals surface area contributed by atoms with Crippen LogP contribution in [-0.2, 0) is 11.2 Å². The number of hydrogen-bond acceptors (Lipinski definition) is 5. The summed E-state index contributed by atoms with van der Waals surface area (Å²) in [5.74, 6) is 1.92. The number of nitrogens with one attached hydrogen (secondary N) is 1. The van der Waals surface area contributed by atoms with Crippen LogP contribution in [0, 0.1) is 5.92 Å². The quantitative estimate of drug-likeness (QED) is 0.677. The molecule has 122 valence electrons. The zero-order valence-corrected chi connectivity index (χ0v) is 14.2. The summed E-state index contributed by atoms with van der Waals surface area (Å²) in [7, 11) is 0. The van der Waals surface area contributed by atoms with Crippen molar-refractivity contribution in [3.63, 3.8) is 0 Å². The van der Waals surface area contributed by atoms with Gasteiger partial charge in [0.25, 0.3) is 0 Å². The Kier molecular flexibility index (Phi) is 8.54. The van der Waals surface area contributed by atoms with E-state index < -0.39 is 0 Å². The minimum atomic E-state index is -0.0430. The van der Waals surface area contributed by atoms with Crippen molar-refractivity contribution < 1.29 is 9.26 Å². The molecule has 1 heterocycles. The van der Waals surface area contributed by atoms with Gasteiger partial charge in [-0.05, 0) is 32.2 Å². The van der Waals surface area contributed by atoms with Crippen LogP contribution in [0.25, 0.3) is 0 Å². The van der Waals surface area contributed by atoms with Gasteiger partial charge in [0.1, 0.15) is 6.10 Å². The number of ether oxygens (including phenoxy) is 1. The maximum Gasteiger partial charge on any atom is 0.228 e. The molecule has 0 bridgehead atoms. The fraction of sp³-hybridized carbons (Fsp3) is 0.875. The minimum Gasteiger partial charge on any atom is -0.370 e. The van der Waals surface area contributed by atoms with Gasteiger partial charge < -0.3 is 14.6 Å². The molecule has 0 aliphatic heterocycles. The fourth-order valence-electron chi connectivity index (χ4n) is 2.29. The third-order valence-corrected chi connectivity index (χ3v) is 3.55. The summed E-state index contributed by atoms with van der Waals surface area (Å²) < 4.78 is 11.1. The summed E-state index contributed by atoms with van der Waals surface area (Å²) >= 11 is 0. The van der Waals surface area contributed by atoms with Gasteiger partial charge in [-0.25, -0.2) is 0 Å². The van der Waals surface area contributed by atoms with Crippen molar-refractivity contribution in [2.75, 3.05) is 13.2 Å². The Morgan fingerprint density at radius 2 is 1.95 bits per heavy atom. The molecular weight excluding hydrogens is 266 g/mol. The predicted molar refractivity (Wildman–Crippen MR) is 84.2 cm³/mol. The first kappa shape index (κ1) is 18.1. The normalized spacial score (nSPS) is 14.6. The van der Waals surface area contributed by atoms with Crippen LogP contribution < -0.4 is 5.32 Å². The van der Waals surface area contributed by atoms with Crippen molar-refractivity contribution in [3.8, 4) is 0 Å². The van der Waals surface area contributed by atoms with Crippen molar-refractivity contribution in [3.05, 3.63) is 11.7 Å². The third-order valence-electron chi connectivity index (χ3n) is 3.55. The van der Waals surface area contributed by atoms with Gasteiger partial charge in [-0.2, -0.15) is 4.98 Å². The van der Waals surface area contributed by atoms with Crippen LogP contribution in [0.4, 0.5) is 0 Å². The van der Waals surface area contributed by atoms with E-state index in [1.807, 2.05) is 6.92 Å². The van der Waals surface area contributed by atoms with E-state index in [1.54, 1.807) is 0 Å². The second-order valence-corrected chi connectivity index (χ2v) is 5.79. The summed E-state index contributed by atoms with van der Waals surface area (Å²) in [6.45, 7) is 12.4. The molecule has 0 aliphatic rings. The molecule has 0 fully saturated rings. The summed E-state index contributed by atoms with van der Waals surface area (Å²) in [6, 6.07) is 0.370. The van der Waals surface area contributed by atoms with Gasteiger partial charge in [0.2, 0.25) is 11.7 Å². The van der Waals surface area contributed by atoms with Crippen LogP contribution in [0.3, 0.4) is 0 Å². The SMILES string of the molecule is CCCNC(Cc1nc(C(CCC)OCC)no1)C(C)C. The summed E-state index contributed by atoms with van der Waals surface area (Å²) in [5, 5.41) is 7.65. The number of nitrogens with zero attached hydrogens (tertiary/aromatic N) is 2. The monoisotopic (exact) mass is 297 g/mol. The molecule has 0 saturated carbocycles. The number of aromatic nitrogens is 2. The maximum atomic E-state index is 5.70. The molecule has 1 rings (SSSR count). The number of hydrogen-bond donors (Lipinski definition) is 1. The van der Waals surface area contributed by atoms with E-state index in [0.717, 1.165) is 32.2 Å². The fourth-order valence-corrected chi connectivity index (χ4v) is 2.29. The highest BCUT2D eigenvalue weighted by Crippen LogP contribution is 2.20. The highest BCUT2D eigenvalue weighted by Gasteiger charge is 2.21. The Bertz CT molecular complexity index is 373. The van der Waals surface area contributed by atoms with Crippen LogP contribution in [-0.4, -0.2) is 29.3 Å². The minimum absolute atomic E-state index is 0.0430. The van der Waals surface area contributed by atoms with Crippen LogP contribution >= 0.6 is 0 Å². The second kappa shape index (κ2) is 9.90.